The van der Waals surface area contributed by atoms with Gasteiger partial charge in [0.1, 0.15) is 18.3 Å². The van der Waals surface area contributed by atoms with Gasteiger partial charge in [-0.1, -0.05) is 36.8 Å². The number of nitrogens with one attached hydrogen (secondary N) is 1. The third-order valence-electron chi connectivity index (χ3n) is 5.04. The molecule has 1 aliphatic rings. The lowest BCUT2D eigenvalue weighted by atomic mass is 9.65. The second-order valence-corrected chi connectivity index (χ2v) is 8.61. The summed E-state index contributed by atoms with van der Waals surface area (Å²) < 4.78 is 16.4. The van der Waals surface area contributed by atoms with E-state index in [1.807, 2.05) is 30.3 Å². The van der Waals surface area contributed by atoms with Crippen LogP contribution in [0.5, 0.6) is 5.75 Å². The molecule has 1 fully saturated rings. The number of rotatable bonds is 7. The predicted octanol–water partition coefficient (Wildman–Crippen LogP) is 3.93. The molecule has 1 aliphatic carbocycles. The molecule has 1 amide bonds. The lowest BCUT2D eigenvalue weighted by Gasteiger charge is -2.41. The first kappa shape index (κ1) is 22.6. The SMILES string of the molecule is CC(C)(C)OC(=O)N/N=C\C1(C(O)c2occc(=O)c2OCc2ccccc2)CCC1. The Morgan fingerprint density at radius 3 is 2.61 bits per heavy atom. The van der Waals surface area contributed by atoms with Crippen molar-refractivity contribution in [2.45, 2.75) is 58.3 Å². The summed E-state index contributed by atoms with van der Waals surface area (Å²) in [4.78, 5) is 24.3. The van der Waals surface area contributed by atoms with E-state index in [1.54, 1.807) is 20.8 Å². The maximum atomic E-state index is 12.4. The van der Waals surface area contributed by atoms with Gasteiger partial charge < -0.3 is 19.0 Å². The van der Waals surface area contributed by atoms with E-state index in [1.165, 1.54) is 18.5 Å². The molecular formula is C23H28N2O6. The molecule has 1 atom stereocenters. The predicted molar refractivity (Wildman–Crippen MR) is 115 cm³/mol. The van der Waals surface area contributed by atoms with E-state index in [2.05, 4.69) is 10.5 Å². The first-order valence-electron chi connectivity index (χ1n) is 10.2. The molecule has 1 heterocycles. The Morgan fingerprint density at radius 1 is 1.29 bits per heavy atom. The van der Waals surface area contributed by atoms with E-state index >= 15 is 0 Å². The van der Waals surface area contributed by atoms with Gasteiger partial charge in [0.15, 0.2) is 5.76 Å². The molecule has 0 spiro atoms. The number of amides is 1. The van der Waals surface area contributed by atoms with Crippen LogP contribution >= 0.6 is 0 Å². The molecule has 0 bridgehead atoms. The van der Waals surface area contributed by atoms with Crippen molar-refractivity contribution in [2.24, 2.45) is 10.5 Å². The summed E-state index contributed by atoms with van der Waals surface area (Å²) in [5, 5.41) is 15.1. The Kier molecular flexibility index (Phi) is 6.80. The van der Waals surface area contributed by atoms with Crippen molar-refractivity contribution >= 4 is 12.3 Å². The van der Waals surface area contributed by atoms with Gasteiger partial charge in [0.2, 0.25) is 11.2 Å². The molecule has 166 valence electrons. The second kappa shape index (κ2) is 9.34. The van der Waals surface area contributed by atoms with Crippen LogP contribution in [0, 0.1) is 5.41 Å². The normalized spacial score (nSPS) is 16.4. The lowest BCUT2D eigenvalue weighted by Crippen LogP contribution is -2.39. The number of aliphatic hydroxyl groups is 1. The fourth-order valence-corrected chi connectivity index (χ4v) is 3.31. The Labute approximate surface area is 180 Å². The van der Waals surface area contributed by atoms with Crippen LogP contribution in [0.4, 0.5) is 4.79 Å². The molecule has 1 saturated carbocycles. The summed E-state index contributed by atoms with van der Waals surface area (Å²) in [6.07, 6.45) is 2.97. The quantitative estimate of drug-likeness (QED) is 0.511. The number of nitrogens with zero attached hydrogens (tertiary/aromatic N) is 1. The highest BCUT2D eigenvalue weighted by Crippen LogP contribution is 2.50. The van der Waals surface area contributed by atoms with Crippen molar-refractivity contribution in [3.8, 4) is 5.75 Å². The zero-order valence-corrected chi connectivity index (χ0v) is 18.0. The van der Waals surface area contributed by atoms with Gasteiger partial charge in [0.25, 0.3) is 0 Å². The molecule has 3 rings (SSSR count). The molecule has 1 aromatic carbocycles. The van der Waals surface area contributed by atoms with Gasteiger partial charge in [-0.25, -0.2) is 10.2 Å². The van der Waals surface area contributed by atoms with E-state index in [9.17, 15) is 14.7 Å². The minimum Gasteiger partial charge on any atom is -0.482 e. The largest absolute Gasteiger partial charge is 0.482 e. The van der Waals surface area contributed by atoms with E-state index in [0.717, 1.165) is 12.0 Å². The van der Waals surface area contributed by atoms with Crippen LogP contribution in [0.3, 0.4) is 0 Å². The van der Waals surface area contributed by atoms with Crippen LogP contribution in [-0.2, 0) is 11.3 Å². The minimum absolute atomic E-state index is 0.0290. The fourth-order valence-electron chi connectivity index (χ4n) is 3.31. The van der Waals surface area contributed by atoms with Crippen LogP contribution in [0.1, 0.15) is 57.5 Å². The van der Waals surface area contributed by atoms with E-state index in [4.69, 9.17) is 13.9 Å². The van der Waals surface area contributed by atoms with E-state index in [-0.39, 0.29) is 23.5 Å². The average molecular weight is 428 g/mol. The van der Waals surface area contributed by atoms with Gasteiger partial charge in [-0.3, -0.25) is 4.79 Å². The Hall–Kier alpha value is -3.13. The van der Waals surface area contributed by atoms with Gasteiger partial charge in [-0.2, -0.15) is 5.10 Å². The summed E-state index contributed by atoms with van der Waals surface area (Å²) in [7, 11) is 0. The minimum atomic E-state index is -1.16. The number of hydrazone groups is 1. The topological polar surface area (TPSA) is 110 Å². The summed E-state index contributed by atoms with van der Waals surface area (Å²) in [6.45, 7) is 5.42. The number of ether oxygens (including phenoxy) is 2. The highest BCUT2D eigenvalue weighted by molar-refractivity contribution is 5.73. The monoisotopic (exact) mass is 428 g/mol. The van der Waals surface area contributed by atoms with Crippen molar-refractivity contribution in [1.29, 1.82) is 0 Å². The number of benzene rings is 1. The Bertz CT molecular complexity index is 974. The third kappa shape index (κ3) is 5.73. The molecule has 2 aromatic rings. The smallest absolute Gasteiger partial charge is 0.428 e. The first-order chi connectivity index (χ1) is 14.7. The highest BCUT2D eigenvalue weighted by Gasteiger charge is 2.46. The van der Waals surface area contributed by atoms with Gasteiger partial charge in [0, 0.05) is 17.7 Å². The molecule has 2 N–H and O–H groups in total. The molecule has 0 radical (unpaired) electrons. The maximum Gasteiger partial charge on any atom is 0.428 e. The zero-order chi connectivity index (χ0) is 22.5. The van der Waals surface area contributed by atoms with Crippen LogP contribution in [0.2, 0.25) is 0 Å². The zero-order valence-electron chi connectivity index (χ0n) is 18.0. The summed E-state index contributed by atoms with van der Waals surface area (Å²) in [5.41, 5.74) is 1.39. The van der Waals surface area contributed by atoms with E-state index in [0.29, 0.717) is 12.8 Å². The van der Waals surface area contributed by atoms with Gasteiger partial charge >= 0.3 is 6.09 Å². The fraction of sp³-hybridized carbons (Fsp3) is 0.435. The molecule has 0 aliphatic heterocycles. The van der Waals surface area contributed by atoms with Crippen molar-refractivity contribution in [2.75, 3.05) is 0 Å². The molecule has 1 unspecified atom stereocenters. The third-order valence-corrected chi connectivity index (χ3v) is 5.04. The highest BCUT2D eigenvalue weighted by atomic mass is 16.6. The van der Waals surface area contributed by atoms with Crippen LogP contribution < -0.4 is 15.6 Å². The maximum absolute atomic E-state index is 12.4. The number of carbonyl (C=O) groups is 1. The Morgan fingerprint density at radius 2 is 2.00 bits per heavy atom. The molecule has 8 nitrogen and oxygen atoms in total. The number of hydrogen-bond acceptors (Lipinski definition) is 7. The number of carbonyl (C=O) groups excluding carboxylic acids is 1. The first-order valence-corrected chi connectivity index (χ1v) is 10.2. The lowest BCUT2D eigenvalue weighted by molar-refractivity contribution is 0.00142. The Balaban J connectivity index is 1.76. The van der Waals surface area contributed by atoms with Crippen molar-refractivity contribution in [3.05, 3.63) is 64.2 Å². The molecular weight excluding hydrogens is 400 g/mol. The average Bonchev–Trinajstić information content (AvgIpc) is 2.68. The van der Waals surface area contributed by atoms with Crippen molar-refractivity contribution in [1.82, 2.24) is 5.43 Å². The number of hydrogen-bond donors (Lipinski definition) is 2. The number of aliphatic hydroxyl groups excluding tert-OH is 1. The van der Waals surface area contributed by atoms with Crippen LogP contribution in [0.15, 0.2) is 57.0 Å². The molecule has 31 heavy (non-hydrogen) atoms. The van der Waals surface area contributed by atoms with Gasteiger partial charge in [-0.05, 0) is 39.2 Å². The van der Waals surface area contributed by atoms with Gasteiger partial charge in [-0.15, -0.1) is 0 Å². The second-order valence-electron chi connectivity index (χ2n) is 8.61. The van der Waals surface area contributed by atoms with Crippen LogP contribution in [0.25, 0.3) is 0 Å². The molecule has 8 heteroatoms. The summed E-state index contributed by atoms with van der Waals surface area (Å²) >= 11 is 0. The van der Waals surface area contributed by atoms with E-state index < -0.39 is 23.2 Å². The summed E-state index contributed by atoms with van der Waals surface area (Å²) in [5.74, 6) is 0.0190. The van der Waals surface area contributed by atoms with Gasteiger partial charge in [0.05, 0.1) is 6.26 Å². The molecule has 0 saturated heterocycles. The van der Waals surface area contributed by atoms with Crippen molar-refractivity contribution < 1.29 is 23.8 Å². The van der Waals surface area contributed by atoms with Crippen molar-refractivity contribution in [3.63, 3.8) is 0 Å². The summed E-state index contributed by atoms with van der Waals surface area (Å²) in [6, 6.07) is 10.6. The standard InChI is InChI=1S/C23H28N2O6/c1-22(2,3)31-21(28)25-24-15-23(11-7-12-23)20(27)19-18(17(26)10-13-29-19)30-14-16-8-5-4-6-9-16/h4-6,8-10,13,15,20,27H,7,11-12,14H2,1-3H3,(H,25,28)/b24-15-. The molecule has 1 aromatic heterocycles. The van der Waals surface area contributed by atoms with Crippen LogP contribution in [-0.4, -0.2) is 23.0 Å².